The van der Waals surface area contributed by atoms with Crippen LogP contribution in [0.5, 0.6) is 0 Å². The van der Waals surface area contributed by atoms with Crippen molar-refractivity contribution in [2.75, 3.05) is 19.6 Å². The summed E-state index contributed by atoms with van der Waals surface area (Å²) in [6.45, 7) is 9.80. The molecule has 0 aromatic rings. The molecular weight excluding hydrogens is 198 g/mol. The van der Waals surface area contributed by atoms with Gasteiger partial charge in [0.05, 0.1) is 0 Å². The quantitative estimate of drug-likeness (QED) is 0.590. The van der Waals surface area contributed by atoms with E-state index in [0.29, 0.717) is 5.92 Å². The zero-order chi connectivity index (χ0) is 12.0. The van der Waals surface area contributed by atoms with Crippen LogP contribution < -0.4 is 5.73 Å². The second kappa shape index (κ2) is 6.77. The first kappa shape index (κ1) is 13.3. The molecule has 0 bridgehead atoms. The molecule has 1 saturated heterocycles. The smallest absolute Gasteiger partial charge is 0.191 e. The number of hydrogen-bond donors (Lipinski definition) is 1. The maximum absolute atomic E-state index is 6.04. The first-order chi connectivity index (χ1) is 7.67. The van der Waals surface area contributed by atoms with Gasteiger partial charge in [0.25, 0.3) is 0 Å². The molecule has 0 aromatic carbocycles. The molecule has 16 heavy (non-hydrogen) atoms. The summed E-state index contributed by atoms with van der Waals surface area (Å²) in [7, 11) is 0. The van der Waals surface area contributed by atoms with Gasteiger partial charge in [0.1, 0.15) is 0 Å². The maximum Gasteiger partial charge on any atom is 0.191 e. The highest BCUT2D eigenvalue weighted by Gasteiger charge is 2.17. The SMILES string of the molecule is CCC(CC)CN=C(N)N1CCCC(C)C1. The van der Waals surface area contributed by atoms with Crippen LogP contribution in [0.3, 0.4) is 0 Å². The highest BCUT2D eigenvalue weighted by molar-refractivity contribution is 5.78. The van der Waals surface area contributed by atoms with Crippen LogP contribution in [0.15, 0.2) is 4.99 Å². The minimum atomic E-state index is 0.695. The third-order valence-corrected chi connectivity index (χ3v) is 3.65. The van der Waals surface area contributed by atoms with Gasteiger partial charge >= 0.3 is 0 Å². The molecule has 1 heterocycles. The van der Waals surface area contributed by atoms with Crippen LogP contribution in [0.2, 0.25) is 0 Å². The molecule has 1 aliphatic rings. The topological polar surface area (TPSA) is 41.6 Å². The average Bonchev–Trinajstić information content (AvgIpc) is 2.30. The van der Waals surface area contributed by atoms with E-state index in [-0.39, 0.29) is 0 Å². The lowest BCUT2D eigenvalue weighted by atomic mass is 10.0. The minimum absolute atomic E-state index is 0.695. The summed E-state index contributed by atoms with van der Waals surface area (Å²) < 4.78 is 0. The van der Waals surface area contributed by atoms with Crippen LogP contribution >= 0.6 is 0 Å². The van der Waals surface area contributed by atoms with Crippen molar-refractivity contribution in [3.05, 3.63) is 0 Å². The van der Waals surface area contributed by atoms with Gasteiger partial charge in [-0.2, -0.15) is 0 Å². The molecule has 0 spiro atoms. The molecule has 3 heteroatoms. The van der Waals surface area contributed by atoms with Gasteiger partial charge < -0.3 is 10.6 Å². The molecule has 0 amide bonds. The van der Waals surface area contributed by atoms with E-state index in [9.17, 15) is 0 Å². The molecule has 1 unspecified atom stereocenters. The predicted molar refractivity (Wildman–Crippen MR) is 70.5 cm³/mol. The van der Waals surface area contributed by atoms with Gasteiger partial charge in [-0.15, -0.1) is 0 Å². The van der Waals surface area contributed by atoms with E-state index >= 15 is 0 Å². The molecular formula is C13H27N3. The second-order valence-corrected chi connectivity index (χ2v) is 5.07. The zero-order valence-electron chi connectivity index (χ0n) is 11.1. The Labute approximate surface area is 100 Å². The summed E-state index contributed by atoms with van der Waals surface area (Å²) in [5.41, 5.74) is 6.04. The molecule has 94 valence electrons. The third kappa shape index (κ3) is 4.03. The molecule has 0 aliphatic carbocycles. The van der Waals surface area contributed by atoms with E-state index in [1.807, 2.05) is 0 Å². The van der Waals surface area contributed by atoms with Gasteiger partial charge in [-0.05, 0) is 24.7 Å². The van der Waals surface area contributed by atoms with Gasteiger partial charge in [0.15, 0.2) is 5.96 Å². The summed E-state index contributed by atoms with van der Waals surface area (Å²) in [5, 5.41) is 0. The van der Waals surface area contributed by atoms with Gasteiger partial charge in [-0.1, -0.05) is 33.6 Å². The molecule has 0 aromatic heterocycles. The second-order valence-electron chi connectivity index (χ2n) is 5.07. The zero-order valence-corrected chi connectivity index (χ0v) is 11.1. The number of rotatable bonds is 4. The van der Waals surface area contributed by atoms with Crippen molar-refractivity contribution in [1.82, 2.24) is 4.90 Å². The van der Waals surface area contributed by atoms with E-state index in [0.717, 1.165) is 31.5 Å². The molecule has 3 nitrogen and oxygen atoms in total. The normalized spacial score (nSPS) is 22.9. The lowest BCUT2D eigenvalue weighted by molar-refractivity contribution is 0.270. The number of aliphatic imine (C=N–C) groups is 1. The molecule has 1 aliphatic heterocycles. The van der Waals surface area contributed by atoms with Crippen molar-refractivity contribution >= 4 is 5.96 Å². The fourth-order valence-corrected chi connectivity index (χ4v) is 2.27. The van der Waals surface area contributed by atoms with Crippen LogP contribution in [-0.2, 0) is 0 Å². The summed E-state index contributed by atoms with van der Waals surface area (Å²) in [4.78, 5) is 6.79. The van der Waals surface area contributed by atoms with Crippen molar-refractivity contribution in [2.45, 2.75) is 46.5 Å². The Bertz CT molecular complexity index is 221. The molecule has 1 rings (SSSR count). The maximum atomic E-state index is 6.04. The summed E-state index contributed by atoms with van der Waals surface area (Å²) in [6.07, 6.45) is 4.98. The van der Waals surface area contributed by atoms with Crippen molar-refractivity contribution in [3.63, 3.8) is 0 Å². The summed E-state index contributed by atoms with van der Waals surface area (Å²) in [5.74, 6) is 2.22. The number of nitrogens with two attached hydrogens (primary N) is 1. The Balaban J connectivity index is 2.42. The molecule has 2 N–H and O–H groups in total. The lowest BCUT2D eigenvalue weighted by Crippen LogP contribution is -2.43. The number of hydrogen-bond acceptors (Lipinski definition) is 1. The first-order valence-corrected chi connectivity index (χ1v) is 6.72. The molecule has 1 atom stereocenters. The Morgan fingerprint density at radius 2 is 2.12 bits per heavy atom. The summed E-state index contributed by atoms with van der Waals surface area (Å²) >= 11 is 0. The number of likely N-dealkylation sites (tertiary alicyclic amines) is 1. The predicted octanol–water partition coefficient (Wildman–Crippen LogP) is 2.47. The Kier molecular flexibility index (Phi) is 5.64. The lowest BCUT2D eigenvalue weighted by Gasteiger charge is -2.31. The van der Waals surface area contributed by atoms with E-state index in [4.69, 9.17) is 5.73 Å². The number of piperidine rings is 1. The molecule has 0 saturated carbocycles. The Hall–Kier alpha value is -0.730. The van der Waals surface area contributed by atoms with Crippen LogP contribution in [0, 0.1) is 11.8 Å². The van der Waals surface area contributed by atoms with Crippen molar-refractivity contribution < 1.29 is 0 Å². The fourth-order valence-electron chi connectivity index (χ4n) is 2.27. The summed E-state index contributed by atoms with van der Waals surface area (Å²) in [6, 6.07) is 0. The first-order valence-electron chi connectivity index (χ1n) is 6.72. The van der Waals surface area contributed by atoms with E-state index in [1.54, 1.807) is 0 Å². The Morgan fingerprint density at radius 1 is 1.44 bits per heavy atom. The monoisotopic (exact) mass is 225 g/mol. The van der Waals surface area contributed by atoms with E-state index in [1.165, 1.54) is 25.7 Å². The standard InChI is InChI=1S/C13H27N3/c1-4-12(5-2)9-15-13(14)16-8-6-7-11(3)10-16/h11-12H,4-10H2,1-3H3,(H2,14,15). The molecule has 1 fully saturated rings. The highest BCUT2D eigenvalue weighted by Crippen LogP contribution is 2.15. The number of nitrogens with zero attached hydrogens (tertiary/aromatic N) is 2. The van der Waals surface area contributed by atoms with Crippen molar-refractivity contribution in [2.24, 2.45) is 22.6 Å². The van der Waals surface area contributed by atoms with Crippen LogP contribution in [-0.4, -0.2) is 30.5 Å². The minimum Gasteiger partial charge on any atom is -0.370 e. The van der Waals surface area contributed by atoms with Gasteiger partial charge in [0, 0.05) is 19.6 Å². The van der Waals surface area contributed by atoms with Gasteiger partial charge in [-0.25, -0.2) is 0 Å². The van der Waals surface area contributed by atoms with E-state index < -0.39 is 0 Å². The van der Waals surface area contributed by atoms with Gasteiger partial charge in [-0.3, -0.25) is 4.99 Å². The van der Waals surface area contributed by atoms with Crippen LogP contribution in [0.4, 0.5) is 0 Å². The third-order valence-electron chi connectivity index (χ3n) is 3.65. The fraction of sp³-hybridized carbons (Fsp3) is 0.923. The van der Waals surface area contributed by atoms with E-state index in [2.05, 4.69) is 30.7 Å². The largest absolute Gasteiger partial charge is 0.370 e. The average molecular weight is 225 g/mol. The Morgan fingerprint density at radius 3 is 2.69 bits per heavy atom. The molecule has 0 radical (unpaired) electrons. The van der Waals surface area contributed by atoms with Crippen LogP contribution in [0.1, 0.15) is 46.5 Å². The number of guanidine groups is 1. The van der Waals surface area contributed by atoms with Crippen molar-refractivity contribution in [3.8, 4) is 0 Å². The van der Waals surface area contributed by atoms with Gasteiger partial charge in [0.2, 0.25) is 0 Å². The highest BCUT2D eigenvalue weighted by atomic mass is 15.3. The van der Waals surface area contributed by atoms with Crippen molar-refractivity contribution in [1.29, 1.82) is 0 Å². The van der Waals surface area contributed by atoms with Crippen LogP contribution in [0.25, 0.3) is 0 Å².